The molecule has 1 nitrogen and oxygen atoms in total. The molecule has 0 amide bonds. The summed E-state index contributed by atoms with van der Waals surface area (Å²) in [6.07, 6.45) is 0.976. The quantitative estimate of drug-likeness (QED) is 0.790. The number of hydrogen-bond donors (Lipinski definition) is 1. The number of halogens is 1. The van der Waals surface area contributed by atoms with Gasteiger partial charge in [-0.25, -0.2) is 0 Å². The van der Waals surface area contributed by atoms with E-state index in [0.717, 1.165) is 17.0 Å². The molecule has 0 aromatic heterocycles. The normalized spacial score (nSPS) is 13.3. The molecule has 0 saturated carbocycles. The summed E-state index contributed by atoms with van der Waals surface area (Å²) in [5.41, 5.74) is 7.07. The van der Waals surface area contributed by atoms with Crippen molar-refractivity contribution in [2.24, 2.45) is 11.7 Å². The van der Waals surface area contributed by atoms with Gasteiger partial charge in [-0.3, -0.25) is 0 Å². The van der Waals surface area contributed by atoms with E-state index in [9.17, 15) is 0 Å². The van der Waals surface area contributed by atoms with Crippen molar-refractivity contribution in [2.75, 3.05) is 0 Å². The zero-order valence-corrected chi connectivity index (χ0v) is 8.88. The van der Waals surface area contributed by atoms with Crippen molar-refractivity contribution in [2.45, 2.75) is 26.3 Å². The highest BCUT2D eigenvalue weighted by atomic mass is 35.5. The van der Waals surface area contributed by atoms with Crippen molar-refractivity contribution in [3.05, 3.63) is 34.9 Å². The minimum absolute atomic E-state index is 0.0636. The van der Waals surface area contributed by atoms with Crippen molar-refractivity contribution in [1.29, 1.82) is 0 Å². The third kappa shape index (κ3) is 3.02. The number of nitrogens with two attached hydrogens (primary N) is 1. The Morgan fingerprint density at radius 1 is 1.31 bits per heavy atom. The van der Waals surface area contributed by atoms with Crippen LogP contribution in [0.1, 0.15) is 31.9 Å². The second kappa shape index (κ2) is 4.64. The molecule has 1 atom stereocenters. The van der Waals surface area contributed by atoms with Crippen LogP contribution in [0.5, 0.6) is 0 Å². The molecule has 1 aromatic rings. The monoisotopic (exact) mass is 197 g/mol. The van der Waals surface area contributed by atoms with Crippen LogP contribution >= 0.6 is 11.6 Å². The van der Waals surface area contributed by atoms with Crippen LogP contribution in [0.3, 0.4) is 0 Å². The van der Waals surface area contributed by atoms with Crippen molar-refractivity contribution < 1.29 is 0 Å². The zero-order valence-electron chi connectivity index (χ0n) is 8.13. The van der Waals surface area contributed by atoms with Gasteiger partial charge in [0.25, 0.3) is 0 Å². The molecule has 0 aliphatic carbocycles. The Morgan fingerprint density at radius 2 is 1.92 bits per heavy atom. The summed E-state index contributed by atoms with van der Waals surface area (Å²) in [6, 6.07) is 7.84. The van der Waals surface area contributed by atoms with Gasteiger partial charge < -0.3 is 5.73 Å². The van der Waals surface area contributed by atoms with Crippen molar-refractivity contribution in [3.63, 3.8) is 0 Å². The molecule has 2 heteroatoms. The average molecular weight is 198 g/mol. The molecule has 0 heterocycles. The largest absolute Gasteiger partial charge is 0.324 e. The van der Waals surface area contributed by atoms with Gasteiger partial charge in [0.2, 0.25) is 0 Å². The lowest BCUT2D eigenvalue weighted by molar-refractivity contribution is 0.510. The minimum Gasteiger partial charge on any atom is -0.324 e. The van der Waals surface area contributed by atoms with Crippen LogP contribution in [0.2, 0.25) is 5.02 Å². The van der Waals surface area contributed by atoms with Gasteiger partial charge in [-0.2, -0.15) is 0 Å². The maximum absolute atomic E-state index is 6.02. The lowest BCUT2D eigenvalue weighted by Gasteiger charge is -2.15. The van der Waals surface area contributed by atoms with Crippen LogP contribution in [0.4, 0.5) is 0 Å². The van der Waals surface area contributed by atoms with E-state index in [-0.39, 0.29) is 6.04 Å². The molecule has 0 radical (unpaired) electrons. The predicted octanol–water partition coefficient (Wildman–Crippen LogP) is 3.39. The topological polar surface area (TPSA) is 26.0 Å². The minimum atomic E-state index is 0.0636. The molecule has 0 bridgehead atoms. The molecule has 1 rings (SSSR count). The van der Waals surface area contributed by atoms with Crippen molar-refractivity contribution >= 4 is 11.6 Å². The van der Waals surface area contributed by atoms with E-state index in [2.05, 4.69) is 13.8 Å². The van der Waals surface area contributed by atoms with Gasteiger partial charge in [-0.15, -0.1) is 0 Å². The lowest BCUT2D eigenvalue weighted by Crippen LogP contribution is -2.13. The molecule has 2 N–H and O–H groups in total. The Labute approximate surface area is 84.9 Å². The van der Waals surface area contributed by atoms with Crippen LogP contribution in [0.25, 0.3) is 0 Å². The van der Waals surface area contributed by atoms with Gasteiger partial charge in [0.15, 0.2) is 0 Å². The van der Waals surface area contributed by atoms with E-state index in [0.29, 0.717) is 5.92 Å². The Kier molecular flexibility index (Phi) is 3.76. The van der Waals surface area contributed by atoms with Crippen LogP contribution in [0, 0.1) is 5.92 Å². The summed E-state index contributed by atoms with van der Waals surface area (Å²) >= 11 is 6.02. The third-order valence-electron chi connectivity index (χ3n) is 2.03. The summed E-state index contributed by atoms with van der Waals surface area (Å²) in [6.45, 7) is 4.33. The first-order chi connectivity index (χ1) is 6.11. The van der Waals surface area contributed by atoms with Gasteiger partial charge in [0.1, 0.15) is 0 Å². The summed E-state index contributed by atoms with van der Waals surface area (Å²) in [5.74, 6) is 0.603. The van der Waals surface area contributed by atoms with E-state index < -0.39 is 0 Å². The second-order valence-electron chi connectivity index (χ2n) is 3.76. The third-order valence-corrected chi connectivity index (χ3v) is 2.37. The highest BCUT2D eigenvalue weighted by Crippen LogP contribution is 2.25. The van der Waals surface area contributed by atoms with E-state index in [4.69, 9.17) is 17.3 Å². The maximum Gasteiger partial charge on any atom is 0.0453 e. The van der Waals surface area contributed by atoms with E-state index in [1.54, 1.807) is 0 Å². The first kappa shape index (κ1) is 10.6. The van der Waals surface area contributed by atoms with Gasteiger partial charge in [-0.05, 0) is 24.0 Å². The van der Waals surface area contributed by atoms with Crippen LogP contribution in [-0.4, -0.2) is 0 Å². The summed E-state index contributed by atoms with van der Waals surface area (Å²) in [4.78, 5) is 0. The maximum atomic E-state index is 6.02. The van der Waals surface area contributed by atoms with E-state index >= 15 is 0 Å². The Bertz CT molecular complexity index is 271. The highest BCUT2D eigenvalue weighted by Gasteiger charge is 2.10. The Hall–Kier alpha value is -0.530. The van der Waals surface area contributed by atoms with E-state index in [1.807, 2.05) is 24.3 Å². The molecule has 0 aliphatic heterocycles. The summed E-state index contributed by atoms with van der Waals surface area (Å²) in [5, 5.41) is 0.774. The molecule has 13 heavy (non-hydrogen) atoms. The average Bonchev–Trinajstić information content (AvgIpc) is 2.03. The SMILES string of the molecule is CC(C)C[C@H](N)c1ccccc1Cl. The lowest BCUT2D eigenvalue weighted by atomic mass is 9.98. The van der Waals surface area contributed by atoms with Crippen molar-refractivity contribution in [1.82, 2.24) is 0 Å². The molecule has 0 fully saturated rings. The molecule has 0 aliphatic rings. The van der Waals surface area contributed by atoms with Gasteiger partial charge in [0, 0.05) is 11.1 Å². The molecule has 0 spiro atoms. The summed E-state index contributed by atoms with van der Waals surface area (Å²) < 4.78 is 0. The van der Waals surface area contributed by atoms with Crippen LogP contribution in [0.15, 0.2) is 24.3 Å². The fourth-order valence-corrected chi connectivity index (χ4v) is 1.69. The first-order valence-corrected chi connectivity index (χ1v) is 4.99. The molecule has 0 unspecified atom stereocenters. The molecular formula is C11H16ClN. The smallest absolute Gasteiger partial charge is 0.0453 e. The molecular weight excluding hydrogens is 182 g/mol. The standard InChI is InChI=1S/C11H16ClN/c1-8(2)7-11(13)9-5-3-4-6-10(9)12/h3-6,8,11H,7,13H2,1-2H3/t11-/m0/s1. The number of rotatable bonds is 3. The van der Waals surface area contributed by atoms with Gasteiger partial charge in [0.05, 0.1) is 0 Å². The predicted molar refractivity (Wildman–Crippen MR) is 57.8 cm³/mol. The van der Waals surface area contributed by atoms with E-state index in [1.165, 1.54) is 0 Å². The van der Waals surface area contributed by atoms with Crippen LogP contribution < -0.4 is 5.73 Å². The Balaban J connectivity index is 2.76. The molecule has 1 aromatic carbocycles. The second-order valence-corrected chi connectivity index (χ2v) is 4.16. The fourth-order valence-electron chi connectivity index (χ4n) is 1.41. The molecule has 0 saturated heterocycles. The van der Waals surface area contributed by atoms with Crippen LogP contribution in [-0.2, 0) is 0 Å². The van der Waals surface area contributed by atoms with Gasteiger partial charge in [-0.1, -0.05) is 43.6 Å². The summed E-state index contributed by atoms with van der Waals surface area (Å²) in [7, 11) is 0. The fraction of sp³-hybridized carbons (Fsp3) is 0.455. The van der Waals surface area contributed by atoms with Crippen molar-refractivity contribution in [3.8, 4) is 0 Å². The first-order valence-electron chi connectivity index (χ1n) is 4.61. The molecule has 72 valence electrons. The van der Waals surface area contributed by atoms with Gasteiger partial charge >= 0.3 is 0 Å². The Morgan fingerprint density at radius 3 is 2.46 bits per heavy atom. The zero-order chi connectivity index (χ0) is 9.84. The number of benzene rings is 1. The number of hydrogen-bond acceptors (Lipinski definition) is 1. The highest BCUT2D eigenvalue weighted by molar-refractivity contribution is 6.31.